The molecule has 1 aliphatic heterocycles. The summed E-state index contributed by atoms with van der Waals surface area (Å²) in [6.07, 6.45) is 1.21. The molecule has 29 heavy (non-hydrogen) atoms. The molecule has 1 saturated heterocycles. The van der Waals surface area contributed by atoms with Gasteiger partial charge in [-0.1, -0.05) is 0 Å². The minimum absolute atomic E-state index is 0.0892. The van der Waals surface area contributed by atoms with Gasteiger partial charge in [-0.25, -0.2) is 12.8 Å². The fraction of sp³-hybridized carbons (Fsp3) is 0.316. The van der Waals surface area contributed by atoms with E-state index in [0.29, 0.717) is 37.2 Å². The first kappa shape index (κ1) is 21.1. The predicted molar refractivity (Wildman–Crippen MR) is 98.8 cm³/mol. The van der Waals surface area contributed by atoms with Crippen LogP contribution in [0.15, 0.2) is 53.4 Å². The maximum absolute atomic E-state index is 12.9. The molecule has 1 fully saturated rings. The van der Waals surface area contributed by atoms with Crippen molar-refractivity contribution >= 4 is 21.4 Å². The molecule has 0 radical (unpaired) electrons. The number of amides is 1. The van der Waals surface area contributed by atoms with Gasteiger partial charge in [0.1, 0.15) is 5.82 Å². The van der Waals surface area contributed by atoms with Crippen LogP contribution in [0.25, 0.3) is 0 Å². The zero-order chi connectivity index (χ0) is 21.2. The SMILES string of the molecule is O=C(NC1CCN(c2ccc(S(=O)(=O)C(F)(F)F)cc2)CC1)c1ccc(F)cc1. The van der Waals surface area contributed by atoms with Crippen molar-refractivity contribution in [1.29, 1.82) is 0 Å². The molecule has 3 rings (SSSR count). The van der Waals surface area contributed by atoms with Crippen molar-refractivity contribution in [1.82, 2.24) is 5.32 Å². The van der Waals surface area contributed by atoms with Gasteiger partial charge in [-0.15, -0.1) is 0 Å². The fourth-order valence-electron chi connectivity index (χ4n) is 3.12. The fourth-order valence-corrected chi connectivity index (χ4v) is 3.88. The van der Waals surface area contributed by atoms with Gasteiger partial charge in [-0.2, -0.15) is 13.2 Å². The number of nitrogens with zero attached hydrogens (tertiary/aromatic N) is 1. The average Bonchev–Trinajstić information content (AvgIpc) is 2.68. The smallest absolute Gasteiger partial charge is 0.371 e. The topological polar surface area (TPSA) is 66.5 Å². The number of benzene rings is 2. The molecular formula is C19H18F4N2O3S. The lowest BCUT2D eigenvalue weighted by atomic mass is 10.0. The van der Waals surface area contributed by atoms with E-state index in [1.807, 2.05) is 4.90 Å². The second-order valence-electron chi connectivity index (χ2n) is 6.68. The third-order valence-corrected chi connectivity index (χ3v) is 6.26. The second-order valence-corrected chi connectivity index (χ2v) is 8.63. The molecule has 2 aromatic carbocycles. The number of hydrogen-bond acceptors (Lipinski definition) is 4. The number of carbonyl (C=O) groups excluding carboxylic acids is 1. The van der Waals surface area contributed by atoms with Crippen molar-refractivity contribution < 1.29 is 30.8 Å². The maximum atomic E-state index is 12.9. The molecule has 0 spiro atoms. The summed E-state index contributed by atoms with van der Waals surface area (Å²) in [5.74, 6) is -0.728. The zero-order valence-electron chi connectivity index (χ0n) is 15.1. The first-order chi connectivity index (χ1) is 13.6. The minimum Gasteiger partial charge on any atom is -0.371 e. The van der Waals surface area contributed by atoms with Gasteiger partial charge in [0.15, 0.2) is 0 Å². The van der Waals surface area contributed by atoms with Crippen LogP contribution in [0.3, 0.4) is 0 Å². The summed E-state index contributed by atoms with van der Waals surface area (Å²) < 4.78 is 73.6. The summed E-state index contributed by atoms with van der Waals surface area (Å²) in [5, 5.41) is 2.88. The molecule has 0 saturated carbocycles. The monoisotopic (exact) mass is 430 g/mol. The Morgan fingerprint density at radius 3 is 2.03 bits per heavy atom. The molecule has 156 valence electrons. The molecule has 0 aliphatic carbocycles. The number of carbonyl (C=O) groups is 1. The Hall–Kier alpha value is -2.62. The van der Waals surface area contributed by atoms with E-state index >= 15 is 0 Å². The third-order valence-electron chi connectivity index (χ3n) is 4.75. The first-order valence-corrected chi connectivity index (χ1v) is 10.3. The number of hydrogen-bond donors (Lipinski definition) is 1. The van der Waals surface area contributed by atoms with E-state index in [4.69, 9.17) is 0 Å². The summed E-state index contributed by atoms with van der Waals surface area (Å²) in [7, 11) is -5.36. The van der Waals surface area contributed by atoms with Gasteiger partial charge in [0.05, 0.1) is 4.90 Å². The van der Waals surface area contributed by atoms with E-state index in [-0.39, 0.29) is 11.9 Å². The molecule has 1 aliphatic rings. The van der Waals surface area contributed by atoms with Crippen molar-refractivity contribution in [3.8, 4) is 0 Å². The van der Waals surface area contributed by atoms with Gasteiger partial charge in [-0.05, 0) is 61.4 Å². The zero-order valence-corrected chi connectivity index (χ0v) is 15.9. The van der Waals surface area contributed by atoms with Crippen LogP contribution in [0.1, 0.15) is 23.2 Å². The Labute approximate surface area is 165 Å². The van der Waals surface area contributed by atoms with Gasteiger partial charge < -0.3 is 10.2 Å². The summed E-state index contributed by atoms with van der Waals surface area (Å²) in [5.41, 5.74) is -4.37. The van der Waals surface area contributed by atoms with Gasteiger partial charge in [-0.3, -0.25) is 4.79 Å². The summed E-state index contributed by atoms with van der Waals surface area (Å²) in [4.78, 5) is 13.3. The lowest BCUT2D eigenvalue weighted by Gasteiger charge is -2.34. The lowest BCUT2D eigenvalue weighted by molar-refractivity contribution is -0.0436. The molecule has 1 heterocycles. The van der Waals surface area contributed by atoms with Crippen LogP contribution < -0.4 is 10.2 Å². The van der Waals surface area contributed by atoms with Gasteiger partial charge in [0.25, 0.3) is 15.7 Å². The van der Waals surface area contributed by atoms with Crippen molar-refractivity contribution in [2.24, 2.45) is 0 Å². The van der Waals surface area contributed by atoms with E-state index in [9.17, 15) is 30.8 Å². The highest BCUT2D eigenvalue weighted by Gasteiger charge is 2.46. The minimum atomic E-state index is -5.36. The van der Waals surface area contributed by atoms with E-state index in [1.165, 1.54) is 36.4 Å². The highest BCUT2D eigenvalue weighted by molar-refractivity contribution is 7.92. The van der Waals surface area contributed by atoms with Gasteiger partial charge in [0.2, 0.25) is 0 Å². The molecule has 0 bridgehead atoms. The van der Waals surface area contributed by atoms with Crippen LogP contribution in [-0.2, 0) is 9.84 Å². The molecular weight excluding hydrogens is 412 g/mol. The maximum Gasteiger partial charge on any atom is 0.501 e. The van der Waals surface area contributed by atoms with Crippen LogP contribution in [-0.4, -0.2) is 39.0 Å². The molecule has 10 heteroatoms. The molecule has 0 atom stereocenters. The number of nitrogens with one attached hydrogen (secondary N) is 1. The molecule has 5 nitrogen and oxygen atoms in total. The molecule has 0 unspecified atom stereocenters. The Balaban J connectivity index is 1.58. The van der Waals surface area contributed by atoms with Gasteiger partial charge >= 0.3 is 5.51 Å². The predicted octanol–water partition coefficient (Wildman–Crippen LogP) is 3.52. The molecule has 0 aromatic heterocycles. The molecule has 2 aromatic rings. The number of sulfone groups is 1. The summed E-state index contributed by atoms with van der Waals surface area (Å²) >= 11 is 0. The van der Waals surface area contributed by atoms with Crippen molar-refractivity contribution in [3.05, 3.63) is 59.9 Å². The van der Waals surface area contributed by atoms with E-state index < -0.39 is 26.1 Å². The Bertz CT molecular complexity index is 966. The number of halogens is 4. The number of piperidine rings is 1. The largest absolute Gasteiger partial charge is 0.501 e. The summed E-state index contributed by atoms with van der Waals surface area (Å²) in [6, 6.07) is 9.70. The number of rotatable bonds is 4. The van der Waals surface area contributed by atoms with Crippen LogP contribution in [0.4, 0.5) is 23.2 Å². The first-order valence-electron chi connectivity index (χ1n) is 8.81. The number of alkyl halides is 3. The quantitative estimate of drug-likeness (QED) is 0.754. The lowest BCUT2D eigenvalue weighted by Crippen LogP contribution is -2.44. The average molecular weight is 430 g/mol. The van der Waals surface area contributed by atoms with E-state index in [1.54, 1.807) is 0 Å². The molecule has 1 N–H and O–H groups in total. The van der Waals surface area contributed by atoms with Crippen LogP contribution in [0.2, 0.25) is 0 Å². The Morgan fingerprint density at radius 2 is 1.52 bits per heavy atom. The molecule has 1 amide bonds. The summed E-state index contributed by atoms with van der Waals surface area (Å²) in [6.45, 7) is 1.08. The normalized spacial score (nSPS) is 15.9. The van der Waals surface area contributed by atoms with Gasteiger partial charge in [0, 0.05) is 30.4 Å². The van der Waals surface area contributed by atoms with Crippen molar-refractivity contribution in [2.45, 2.75) is 29.3 Å². The third kappa shape index (κ3) is 4.69. The highest BCUT2D eigenvalue weighted by Crippen LogP contribution is 2.31. The standard InChI is InChI=1S/C19H18F4N2O3S/c20-14-3-1-13(2-4-14)18(26)24-15-9-11-25(12-10-15)16-5-7-17(8-6-16)29(27,28)19(21,22)23/h1-8,15H,9-12H2,(H,24,26). The van der Waals surface area contributed by atoms with E-state index in [0.717, 1.165) is 12.1 Å². The highest BCUT2D eigenvalue weighted by atomic mass is 32.2. The Morgan fingerprint density at radius 1 is 0.966 bits per heavy atom. The van der Waals surface area contributed by atoms with Crippen LogP contribution in [0.5, 0.6) is 0 Å². The second kappa shape index (κ2) is 8.02. The Kier molecular flexibility index (Phi) is 5.83. The van der Waals surface area contributed by atoms with Crippen molar-refractivity contribution in [3.63, 3.8) is 0 Å². The van der Waals surface area contributed by atoms with E-state index in [2.05, 4.69) is 5.32 Å². The van der Waals surface area contributed by atoms with Crippen LogP contribution >= 0.6 is 0 Å². The van der Waals surface area contributed by atoms with Crippen molar-refractivity contribution in [2.75, 3.05) is 18.0 Å². The number of anilines is 1. The van der Waals surface area contributed by atoms with Crippen LogP contribution in [0, 0.1) is 5.82 Å².